The number of hydrogen-bond acceptors (Lipinski definition) is 5. The van der Waals surface area contributed by atoms with Gasteiger partial charge in [-0.3, -0.25) is 4.68 Å². The highest BCUT2D eigenvalue weighted by Crippen LogP contribution is 2.23. The summed E-state index contributed by atoms with van der Waals surface area (Å²) in [6.45, 7) is 4.40. The Kier molecular flexibility index (Phi) is 4.99. The number of thiocarbonyl (C=S) groups is 1. The van der Waals surface area contributed by atoms with Gasteiger partial charge in [0, 0.05) is 11.8 Å². The molecule has 8 heteroatoms. The predicted octanol–water partition coefficient (Wildman–Crippen LogP) is 3.35. The first-order chi connectivity index (χ1) is 12.1. The van der Waals surface area contributed by atoms with Crippen LogP contribution in [-0.4, -0.2) is 27.2 Å². The van der Waals surface area contributed by atoms with Gasteiger partial charge in [0.1, 0.15) is 11.5 Å². The van der Waals surface area contributed by atoms with Gasteiger partial charge in [-0.25, -0.2) is 0 Å². The second-order valence-electron chi connectivity index (χ2n) is 5.51. The zero-order valence-electron chi connectivity index (χ0n) is 14.2. The van der Waals surface area contributed by atoms with Gasteiger partial charge in [0.15, 0.2) is 5.11 Å². The van der Waals surface area contributed by atoms with Crippen molar-refractivity contribution >= 4 is 28.7 Å². The summed E-state index contributed by atoms with van der Waals surface area (Å²) in [5, 5.41) is 15.0. The van der Waals surface area contributed by atoms with Crippen LogP contribution < -0.4 is 15.4 Å². The van der Waals surface area contributed by atoms with E-state index in [4.69, 9.17) is 21.5 Å². The van der Waals surface area contributed by atoms with Crippen LogP contribution in [0.1, 0.15) is 17.0 Å². The van der Waals surface area contributed by atoms with Crippen LogP contribution in [0.25, 0.3) is 0 Å². The Labute approximate surface area is 151 Å². The first-order valence-electron chi connectivity index (χ1n) is 7.72. The SMILES string of the molecule is COc1ccccc1NC(=S)Nc1cnn(Cc2c(C)noc2C)c1. The third kappa shape index (κ3) is 3.97. The minimum Gasteiger partial charge on any atom is -0.495 e. The quantitative estimate of drug-likeness (QED) is 0.678. The summed E-state index contributed by atoms with van der Waals surface area (Å²) in [6, 6.07) is 7.58. The van der Waals surface area contributed by atoms with Crippen molar-refractivity contribution < 1.29 is 9.26 Å². The Hall–Kier alpha value is -2.87. The Bertz CT molecular complexity index is 867. The van der Waals surface area contributed by atoms with Crippen molar-refractivity contribution in [2.45, 2.75) is 20.4 Å². The number of para-hydroxylation sites is 2. The van der Waals surface area contributed by atoms with E-state index in [-0.39, 0.29) is 0 Å². The average Bonchev–Trinajstić information content (AvgIpc) is 3.16. The molecule has 2 heterocycles. The van der Waals surface area contributed by atoms with E-state index in [0.29, 0.717) is 11.7 Å². The van der Waals surface area contributed by atoms with Crippen LogP contribution >= 0.6 is 12.2 Å². The van der Waals surface area contributed by atoms with Gasteiger partial charge in [-0.1, -0.05) is 17.3 Å². The van der Waals surface area contributed by atoms with Gasteiger partial charge in [0.2, 0.25) is 0 Å². The standard InChI is InChI=1S/C17H19N5O2S/c1-11-14(12(2)24-21-11)10-22-9-13(8-18-22)19-17(25)20-15-6-4-5-7-16(15)23-3/h4-9H,10H2,1-3H3,(H2,19,20,25). The molecule has 0 radical (unpaired) electrons. The number of anilines is 2. The molecule has 0 aliphatic heterocycles. The van der Waals surface area contributed by atoms with E-state index in [1.165, 1.54) is 0 Å². The van der Waals surface area contributed by atoms with Crippen LogP contribution in [0.2, 0.25) is 0 Å². The Morgan fingerprint density at radius 2 is 2.08 bits per heavy atom. The van der Waals surface area contributed by atoms with Crippen molar-refractivity contribution in [3.05, 3.63) is 53.7 Å². The lowest BCUT2D eigenvalue weighted by Gasteiger charge is -2.12. The molecule has 2 aromatic heterocycles. The molecular weight excluding hydrogens is 338 g/mol. The zero-order valence-corrected chi connectivity index (χ0v) is 15.1. The normalized spacial score (nSPS) is 10.5. The second-order valence-corrected chi connectivity index (χ2v) is 5.92. The fraction of sp³-hybridized carbons (Fsp3) is 0.235. The van der Waals surface area contributed by atoms with Gasteiger partial charge in [0.25, 0.3) is 0 Å². The fourth-order valence-corrected chi connectivity index (χ4v) is 2.66. The minimum absolute atomic E-state index is 0.460. The van der Waals surface area contributed by atoms with E-state index in [2.05, 4.69) is 20.9 Å². The number of nitrogens with zero attached hydrogens (tertiary/aromatic N) is 3. The lowest BCUT2D eigenvalue weighted by molar-refractivity contribution is 0.391. The number of methoxy groups -OCH3 is 1. The molecule has 2 N–H and O–H groups in total. The highest BCUT2D eigenvalue weighted by Gasteiger charge is 2.11. The van der Waals surface area contributed by atoms with Gasteiger partial charge in [0.05, 0.1) is 36.9 Å². The summed E-state index contributed by atoms with van der Waals surface area (Å²) in [4.78, 5) is 0. The minimum atomic E-state index is 0.460. The van der Waals surface area contributed by atoms with E-state index in [0.717, 1.165) is 34.1 Å². The maximum absolute atomic E-state index is 5.35. The predicted molar refractivity (Wildman–Crippen MR) is 100 cm³/mol. The van der Waals surface area contributed by atoms with Gasteiger partial charge >= 0.3 is 0 Å². The Morgan fingerprint density at radius 3 is 2.80 bits per heavy atom. The van der Waals surface area contributed by atoms with Crippen molar-refractivity contribution in [1.29, 1.82) is 0 Å². The van der Waals surface area contributed by atoms with Crippen LogP contribution in [-0.2, 0) is 6.54 Å². The molecule has 0 atom stereocenters. The molecule has 0 amide bonds. The third-order valence-corrected chi connectivity index (χ3v) is 3.95. The van der Waals surface area contributed by atoms with Crippen molar-refractivity contribution in [3.63, 3.8) is 0 Å². The van der Waals surface area contributed by atoms with Gasteiger partial charge in [-0.05, 0) is 38.2 Å². The monoisotopic (exact) mass is 357 g/mol. The first kappa shape index (κ1) is 17.0. The summed E-state index contributed by atoms with van der Waals surface area (Å²) < 4.78 is 12.3. The highest BCUT2D eigenvalue weighted by molar-refractivity contribution is 7.80. The first-order valence-corrected chi connectivity index (χ1v) is 8.13. The van der Waals surface area contributed by atoms with Crippen molar-refractivity contribution in [2.75, 3.05) is 17.7 Å². The largest absolute Gasteiger partial charge is 0.495 e. The molecule has 0 saturated carbocycles. The van der Waals surface area contributed by atoms with Crippen LogP contribution in [0.3, 0.4) is 0 Å². The summed E-state index contributed by atoms with van der Waals surface area (Å²) in [5.74, 6) is 1.52. The van der Waals surface area contributed by atoms with Crippen LogP contribution in [0.5, 0.6) is 5.75 Å². The summed E-state index contributed by atoms with van der Waals surface area (Å²) in [5.41, 5.74) is 3.49. The topological polar surface area (TPSA) is 77.1 Å². The third-order valence-electron chi connectivity index (χ3n) is 3.75. The Balaban J connectivity index is 1.64. The van der Waals surface area contributed by atoms with E-state index >= 15 is 0 Å². The molecular formula is C17H19N5O2S. The van der Waals surface area contributed by atoms with Gasteiger partial charge in [-0.15, -0.1) is 0 Å². The summed E-state index contributed by atoms with van der Waals surface area (Å²) in [7, 11) is 1.62. The molecule has 0 aliphatic carbocycles. The number of aromatic nitrogens is 3. The smallest absolute Gasteiger partial charge is 0.175 e. The maximum Gasteiger partial charge on any atom is 0.175 e. The van der Waals surface area contributed by atoms with Crippen molar-refractivity contribution in [1.82, 2.24) is 14.9 Å². The van der Waals surface area contributed by atoms with Crippen LogP contribution in [0.4, 0.5) is 11.4 Å². The molecule has 0 fully saturated rings. The number of ether oxygens (including phenoxy) is 1. The maximum atomic E-state index is 5.35. The fourth-order valence-electron chi connectivity index (χ4n) is 2.44. The van der Waals surface area contributed by atoms with Crippen molar-refractivity contribution in [2.24, 2.45) is 0 Å². The molecule has 0 aliphatic rings. The molecule has 0 unspecified atom stereocenters. The second kappa shape index (κ2) is 7.35. The zero-order chi connectivity index (χ0) is 17.8. The number of rotatable bonds is 5. The molecule has 0 spiro atoms. The van der Waals surface area contributed by atoms with Gasteiger partial charge < -0.3 is 19.9 Å². The highest BCUT2D eigenvalue weighted by atomic mass is 32.1. The molecule has 25 heavy (non-hydrogen) atoms. The molecule has 130 valence electrons. The number of hydrogen-bond donors (Lipinski definition) is 2. The molecule has 3 rings (SSSR count). The van der Waals surface area contributed by atoms with E-state index in [9.17, 15) is 0 Å². The lowest BCUT2D eigenvalue weighted by atomic mass is 10.2. The summed E-state index contributed by atoms with van der Waals surface area (Å²) >= 11 is 5.35. The number of nitrogens with one attached hydrogen (secondary N) is 2. The number of benzene rings is 1. The molecule has 3 aromatic rings. The van der Waals surface area contributed by atoms with E-state index in [1.54, 1.807) is 18.0 Å². The number of aryl methyl sites for hydroxylation is 2. The van der Waals surface area contributed by atoms with Crippen LogP contribution in [0.15, 0.2) is 41.2 Å². The van der Waals surface area contributed by atoms with Crippen LogP contribution in [0, 0.1) is 13.8 Å². The van der Waals surface area contributed by atoms with Gasteiger partial charge in [-0.2, -0.15) is 5.10 Å². The molecule has 1 aromatic carbocycles. The molecule has 7 nitrogen and oxygen atoms in total. The van der Waals surface area contributed by atoms with Crippen molar-refractivity contribution in [3.8, 4) is 5.75 Å². The Morgan fingerprint density at radius 1 is 1.28 bits per heavy atom. The van der Waals surface area contributed by atoms with E-state index in [1.807, 2.05) is 44.3 Å². The lowest BCUT2D eigenvalue weighted by Crippen LogP contribution is -2.19. The summed E-state index contributed by atoms with van der Waals surface area (Å²) in [6.07, 6.45) is 3.59. The van der Waals surface area contributed by atoms with E-state index < -0.39 is 0 Å². The molecule has 0 saturated heterocycles. The average molecular weight is 357 g/mol. The molecule has 0 bridgehead atoms.